The summed E-state index contributed by atoms with van der Waals surface area (Å²) in [4.78, 5) is 4.19. The number of nitrogens with one attached hydrogen (secondary N) is 1. The molecule has 9 heteroatoms. The van der Waals surface area contributed by atoms with Gasteiger partial charge in [0.1, 0.15) is 0 Å². The molecule has 134 valence electrons. The van der Waals surface area contributed by atoms with Crippen LogP contribution in [0.25, 0.3) is 0 Å². The van der Waals surface area contributed by atoms with Gasteiger partial charge in [0, 0.05) is 26.2 Å². The van der Waals surface area contributed by atoms with E-state index in [1.165, 1.54) is 4.31 Å². The first-order chi connectivity index (χ1) is 10.9. The Labute approximate surface area is 138 Å². The molecule has 23 heavy (non-hydrogen) atoms. The van der Waals surface area contributed by atoms with Gasteiger partial charge in [-0.05, 0) is 26.7 Å². The van der Waals surface area contributed by atoms with Crippen molar-refractivity contribution in [1.29, 1.82) is 0 Å². The van der Waals surface area contributed by atoms with Crippen LogP contribution in [0.15, 0.2) is 4.99 Å². The third kappa shape index (κ3) is 5.91. The SMILES string of the molecule is C[C@@H]1CN(S(=O)(=O)CCNC(N)=NC[C@@H]2CCCO2)C[C@H](C)O1. The number of guanidine groups is 1. The Bertz CT molecular complexity index is 495. The van der Waals surface area contributed by atoms with E-state index in [4.69, 9.17) is 15.2 Å². The van der Waals surface area contributed by atoms with E-state index < -0.39 is 10.0 Å². The molecule has 3 atom stereocenters. The van der Waals surface area contributed by atoms with Crippen LogP contribution in [0.1, 0.15) is 26.7 Å². The summed E-state index contributed by atoms with van der Waals surface area (Å²) in [6.07, 6.45) is 2.02. The van der Waals surface area contributed by atoms with Crippen LogP contribution in [0.5, 0.6) is 0 Å². The van der Waals surface area contributed by atoms with Gasteiger partial charge in [-0.2, -0.15) is 4.31 Å². The normalized spacial score (nSPS) is 30.5. The predicted octanol–water partition coefficient (Wildman–Crippen LogP) is -0.491. The lowest BCUT2D eigenvalue weighted by molar-refractivity contribution is -0.0440. The minimum atomic E-state index is -3.32. The van der Waals surface area contributed by atoms with Gasteiger partial charge < -0.3 is 20.5 Å². The minimum absolute atomic E-state index is 0.0113. The highest BCUT2D eigenvalue weighted by molar-refractivity contribution is 7.89. The van der Waals surface area contributed by atoms with Crippen LogP contribution >= 0.6 is 0 Å². The van der Waals surface area contributed by atoms with Gasteiger partial charge in [0.05, 0.1) is 30.6 Å². The maximum absolute atomic E-state index is 12.4. The van der Waals surface area contributed by atoms with Crippen molar-refractivity contribution in [3.8, 4) is 0 Å². The number of ether oxygens (including phenoxy) is 2. The number of rotatable bonds is 6. The average Bonchev–Trinajstić information content (AvgIpc) is 2.97. The van der Waals surface area contributed by atoms with Crippen molar-refractivity contribution >= 4 is 16.0 Å². The molecule has 0 unspecified atom stereocenters. The van der Waals surface area contributed by atoms with Crippen molar-refractivity contribution in [1.82, 2.24) is 9.62 Å². The van der Waals surface area contributed by atoms with Crippen LogP contribution in [0.4, 0.5) is 0 Å². The van der Waals surface area contributed by atoms with Crippen molar-refractivity contribution in [2.75, 3.05) is 38.5 Å². The fraction of sp³-hybridized carbons (Fsp3) is 0.929. The summed E-state index contributed by atoms with van der Waals surface area (Å²) in [5.74, 6) is 0.252. The van der Waals surface area contributed by atoms with Gasteiger partial charge in [-0.15, -0.1) is 0 Å². The van der Waals surface area contributed by atoms with Crippen molar-refractivity contribution in [3.05, 3.63) is 0 Å². The molecule has 0 radical (unpaired) electrons. The van der Waals surface area contributed by atoms with Gasteiger partial charge >= 0.3 is 0 Å². The molecule has 2 saturated heterocycles. The van der Waals surface area contributed by atoms with Gasteiger partial charge in [0.15, 0.2) is 5.96 Å². The highest BCUT2D eigenvalue weighted by Gasteiger charge is 2.30. The molecule has 0 aromatic heterocycles. The summed E-state index contributed by atoms with van der Waals surface area (Å²) in [5.41, 5.74) is 5.76. The summed E-state index contributed by atoms with van der Waals surface area (Å²) in [6, 6.07) is 0. The largest absolute Gasteiger partial charge is 0.376 e. The molecule has 0 saturated carbocycles. The molecule has 2 fully saturated rings. The fourth-order valence-corrected chi connectivity index (χ4v) is 4.33. The van der Waals surface area contributed by atoms with E-state index in [1.807, 2.05) is 13.8 Å². The van der Waals surface area contributed by atoms with Crippen LogP contribution in [-0.2, 0) is 19.5 Å². The molecule has 2 aliphatic rings. The number of hydrogen-bond acceptors (Lipinski definition) is 5. The topological polar surface area (TPSA) is 106 Å². The summed E-state index contributed by atoms with van der Waals surface area (Å²) in [7, 11) is -3.32. The first-order valence-electron chi connectivity index (χ1n) is 8.15. The van der Waals surface area contributed by atoms with Crippen molar-refractivity contribution in [2.24, 2.45) is 10.7 Å². The monoisotopic (exact) mass is 348 g/mol. The molecule has 2 rings (SSSR count). The number of sulfonamides is 1. The molecular weight excluding hydrogens is 320 g/mol. The van der Waals surface area contributed by atoms with E-state index in [0.29, 0.717) is 19.6 Å². The van der Waals surface area contributed by atoms with E-state index in [0.717, 1.165) is 19.4 Å². The van der Waals surface area contributed by atoms with Gasteiger partial charge in [-0.3, -0.25) is 4.99 Å². The first kappa shape index (κ1) is 18.4. The van der Waals surface area contributed by atoms with Gasteiger partial charge in [-0.1, -0.05) is 0 Å². The fourth-order valence-electron chi connectivity index (χ4n) is 2.84. The Kier molecular flexibility index (Phi) is 6.63. The zero-order chi connectivity index (χ0) is 16.9. The molecule has 3 N–H and O–H groups in total. The highest BCUT2D eigenvalue weighted by Crippen LogP contribution is 2.14. The van der Waals surface area contributed by atoms with Crippen LogP contribution in [-0.4, -0.2) is 75.5 Å². The van der Waals surface area contributed by atoms with E-state index in [-0.39, 0.29) is 36.6 Å². The summed E-state index contributed by atoms with van der Waals surface area (Å²) >= 11 is 0. The van der Waals surface area contributed by atoms with Gasteiger partial charge in [-0.25, -0.2) is 8.42 Å². The van der Waals surface area contributed by atoms with E-state index in [9.17, 15) is 8.42 Å². The van der Waals surface area contributed by atoms with Crippen molar-refractivity contribution < 1.29 is 17.9 Å². The van der Waals surface area contributed by atoms with Crippen molar-refractivity contribution in [3.63, 3.8) is 0 Å². The van der Waals surface area contributed by atoms with Crippen LogP contribution < -0.4 is 11.1 Å². The summed E-state index contributed by atoms with van der Waals surface area (Å²) < 4.78 is 37.2. The van der Waals surface area contributed by atoms with E-state index in [1.54, 1.807) is 0 Å². The molecule has 0 bridgehead atoms. The van der Waals surface area contributed by atoms with Gasteiger partial charge in [0.2, 0.25) is 10.0 Å². The molecular formula is C14H28N4O4S. The molecule has 0 spiro atoms. The number of aliphatic imine (C=N–C) groups is 1. The number of morpholine rings is 1. The molecule has 0 amide bonds. The molecule has 2 heterocycles. The lowest BCUT2D eigenvalue weighted by Gasteiger charge is -2.34. The second kappa shape index (κ2) is 8.27. The maximum atomic E-state index is 12.4. The lowest BCUT2D eigenvalue weighted by Crippen LogP contribution is -2.50. The number of hydrogen-bond donors (Lipinski definition) is 2. The third-order valence-electron chi connectivity index (χ3n) is 3.93. The number of nitrogens with zero attached hydrogens (tertiary/aromatic N) is 2. The smallest absolute Gasteiger partial charge is 0.216 e. The predicted molar refractivity (Wildman–Crippen MR) is 88.8 cm³/mol. The van der Waals surface area contributed by atoms with Gasteiger partial charge in [0.25, 0.3) is 0 Å². The second-order valence-electron chi connectivity index (χ2n) is 6.18. The zero-order valence-corrected chi connectivity index (χ0v) is 14.7. The van der Waals surface area contributed by atoms with Crippen molar-refractivity contribution in [2.45, 2.75) is 45.0 Å². The zero-order valence-electron chi connectivity index (χ0n) is 13.9. The van der Waals surface area contributed by atoms with Crippen LogP contribution in [0.2, 0.25) is 0 Å². The molecule has 8 nitrogen and oxygen atoms in total. The summed E-state index contributed by atoms with van der Waals surface area (Å²) in [6.45, 7) is 6.10. The Morgan fingerprint density at radius 1 is 1.35 bits per heavy atom. The quantitative estimate of drug-likeness (QED) is 0.495. The first-order valence-corrected chi connectivity index (χ1v) is 9.76. The lowest BCUT2D eigenvalue weighted by atomic mass is 10.2. The van der Waals surface area contributed by atoms with Crippen LogP contribution in [0.3, 0.4) is 0 Å². The Morgan fingerprint density at radius 3 is 2.65 bits per heavy atom. The third-order valence-corrected chi connectivity index (χ3v) is 5.74. The minimum Gasteiger partial charge on any atom is -0.376 e. The molecule has 0 aromatic rings. The van der Waals surface area contributed by atoms with E-state index in [2.05, 4.69) is 10.3 Å². The summed E-state index contributed by atoms with van der Waals surface area (Å²) in [5, 5.41) is 2.86. The Hall–Kier alpha value is -0.900. The molecule has 0 aromatic carbocycles. The highest BCUT2D eigenvalue weighted by atomic mass is 32.2. The van der Waals surface area contributed by atoms with Crippen LogP contribution in [0, 0.1) is 0 Å². The molecule has 2 aliphatic heterocycles. The standard InChI is InChI=1S/C14H28N4O4S/c1-11-9-18(10-12(2)22-11)23(19,20)7-5-16-14(15)17-8-13-4-3-6-21-13/h11-13H,3-10H2,1-2H3,(H3,15,16,17)/t11-,12+,13-/m0/s1. The van der Waals surface area contributed by atoms with E-state index >= 15 is 0 Å². The second-order valence-corrected chi connectivity index (χ2v) is 8.27. The maximum Gasteiger partial charge on any atom is 0.216 e. The Balaban J connectivity index is 1.74. The molecule has 0 aliphatic carbocycles. The number of nitrogens with two attached hydrogens (primary N) is 1. The Morgan fingerprint density at radius 2 is 2.04 bits per heavy atom. The average molecular weight is 348 g/mol.